The number of anilines is 4. The van der Waals surface area contributed by atoms with Crippen LogP contribution >= 0.6 is 11.6 Å². The largest absolute Gasteiger partial charge is 0.378 e. The minimum Gasteiger partial charge on any atom is -0.378 e. The molecule has 0 atom stereocenters. The molecule has 0 unspecified atom stereocenters. The molecule has 0 radical (unpaired) electrons. The molecule has 4 rings (SSSR count). The Kier molecular flexibility index (Phi) is 6.31. The fourth-order valence-corrected chi connectivity index (χ4v) is 2.96. The Hall–Kier alpha value is -3.30. The van der Waals surface area contributed by atoms with Crippen LogP contribution in [-0.2, 0) is 4.74 Å². The average Bonchev–Trinajstić information content (AvgIpc) is 2.77. The van der Waals surface area contributed by atoms with Crippen molar-refractivity contribution in [3.05, 3.63) is 64.9 Å². The predicted octanol–water partition coefficient (Wildman–Crippen LogP) is 3.69. The summed E-state index contributed by atoms with van der Waals surface area (Å²) in [7, 11) is 0. The van der Waals surface area contributed by atoms with E-state index in [1.54, 1.807) is 24.4 Å². The van der Waals surface area contributed by atoms with E-state index >= 15 is 0 Å². The highest BCUT2D eigenvalue weighted by Gasteiger charge is 2.16. The first-order chi connectivity index (χ1) is 14.7. The lowest BCUT2D eigenvalue weighted by Gasteiger charge is -2.27. The third-order valence-electron chi connectivity index (χ3n) is 4.29. The van der Waals surface area contributed by atoms with E-state index in [-0.39, 0.29) is 11.8 Å². The summed E-state index contributed by atoms with van der Waals surface area (Å²) in [5.74, 6) is 0.753. The van der Waals surface area contributed by atoms with E-state index in [0.717, 1.165) is 5.56 Å². The Morgan fingerprint density at radius 1 is 1.00 bits per heavy atom. The summed E-state index contributed by atoms with van der Waals surface area (Å²) >= 11 is 6.14. The molecule has 0 bridgehead atoms. The SMILES string of the molecule is Fc1ccc(Nc2nc(NN=Cc3ccccc3Cl)nc(N3CCOCC3)n2)cc1. The van der Waals surface area contributed by atoms with Crippen molar-refractivity contribution in [1.29, 1.82) is 0 Å². The third-order valence-corrected chi connectivity index (χ3v) is 4.64. The van der Waals surface area contributed by atoms with E-state index < -0.39 is 0 Å². The molecule has 1 fully saturated rings. The van der Waals surface area contributed by atoms with Gasteiger partial charge in [-0.1, -0.05) is 29.8 Å². The molecule has 2 N–H and O–H groups in total. The number of hydrogen-bond acceptors (Lipinski definition) is 8. The maximum absolute atomic E-state index is 13.2. The van der Waals surface area contributed by atoms with Crippen LogP contribution in [0.25, 0.3) is 0 Å². The van der Waals surface area contributed by atoms with Gasteiger partial charge in [0.05, 0.1) is 19.4 Å². The minimum absolute atomic E-state index is 0.263. The van der Waals surface area contributed by atoms with Gasteiger partial charge in [-0.15, -0.1) is 0 Å². The van der Waals surface area contributed by atoms with Crippen LogP contribution in [0.2, 0.25) is 5.02 Å². The summed E-state index contributed by atoms with van der Waals surface area (Å²) in [6.07, 6.45) is 1.59. The lowest BCUT2D eigenvalue weighted by atomic mass is 10.2. The van der Waals surface area contributed by atoms with Gasteiger partial charge in [0.1, 0.15) is 5.82 Å². The standard InChI is InChI=1S/C20H19ClFN7O/c21-17-4-2-1-3-14(17)13-23-28-19-25-18(24-16-7-5-15(22)6-8-16)26-20(27-19)29-9-11-30-12-10-29/h1-8,13H,9-12H2,(H2,24,25,26,27,28). The first-order valence-corrected chi connectivity index (χ1v) is 9.70. The van der Waals surface area contributed by atoms with Gasteiger partial charge in [0.15, 0.2) is 0 Å². The van der Waals surface area contributed by atoms with Crippen molar-refractivity contribution >= 4 is 41.3 Å². The van der Waals surface area contributed by atoms with Gasteiger partial charge in [-0.25, -0.2) is 9.82 Å². The van der Waals surface area contributed by atoms with Gasteiger partial charge in [-0.2, -0.15) is 20.1 Å². The topological polar surface area (TPSA) is 87.6 Å². The zero-order valence-electron chi connectivity index (χ0n) is 15.9. The number of ether oxygens (including phenoxy) is 1. The highest BCUT2D eigenvalue weighted by atomic mass is 35.5. The number of nitrogens with zero attached hydrogens (tertiary/aromatic N) is 5. The zero-order valence-corrected chi connectivity index (χ0v) is 16.7. The average molecular weight is 428 g/mol. The van der Waals surface area contributed by atoms with Crippen LogP contribution in [0.4, 0.5) is 27.9 Å². The number of morpholine rings is 1. The molecule has 1 aromatic heterocycles. The summed E-state index contributed by atoms with van der Waals surface area (Å²) in [4.78, 5) is 15.3. The molecule has 10 heteroatoms. The fourth-order valence-electron chi connectivity index (χ4n) is 2.78. The molecule has 0 amide bonds. The quantitative estimate of drug-likeness (QED) is 0.458. The van der Waals surface area contributed by atoms with E-state index in [4.69, 9.17) is 16.3 Å². The maximum atomic E-state index is 13.2. The summed E-state index contributed by atoms with van der Waals surface area (Å²) < 4.78 is 18.6. The second kappa shape index (κ2) is 9.47. The molecule has 3 aromatic rings. The van der Waals surface area contributed by atoms with Gasteiger partial charge in [-0.05, 0) is 30.3 Å². The molecule has 0 spiro atoms. The molecule has 8 nitrogen and oxygen atoms in total. The lowest BCUT2D eigenvalue weighted by Crippen LogP contribution is -2.37. The van der Waals surface area contributed by atoms with Crippen molar-refractivity contribution < 1.29 is 9.13 Å². The number of halogens is 2. The van der Waals surface area contributed by atoms with E-state index in [2.05, 4.69) is 30.8 Å². The third kappa shape index (κ3) is 5.19. The van der Waals surface area contributed by atoms with Gasteiger partial charge in [0.2, 0.25) is 17.8 Å². The predicted molar refractivity (Wildman–Crippen MR) is 115 cm³/mol. The monoisotopic (exact) mass is 427 g/mol. The van der Waals surface area contributed by atoms with Crippen LogP contribution in [-0.4, -0.2) is 47.5 Å². The lowest BCUT2D eigenvalue weighted by molar-refractivity contribution is 0.122. The maximum Gasteiger partial charge on any atom is 0.250 e. The highest BCUT2D eigenvalue weighted by Crippen LogP contribution is 2.19. The Morgan fingerprint density at radius 3 is 2.50 bits per heavy atom. The molecule has 2 heterocycles. The molecule has 1 saturated heterocycles. The van der Waals surface area contributed by atoms with Crippen molar-refractivity contribution in [1.82, 2.24) is 15.0 Å². The summed E-state index contributed by atoms with van der Waals surface area (Å²) in [6.45, 7) is 2.53. The molecule has 1 aliphatic heterocycles. The summed E-state index contributed by atoms with van der Waals surface area (Å²) in [6, 6.07) is 13.3. The van der Waals surface area contributed by atoms with Crippen molar-refractivity contribution in [3.8, 4) is 0 Å². The van der Waals surface area contributed by atoms with Crippen LogP contribution < -0.4 is 15.6 Å². The normalized spacial score (nSPS) is 14.1. The van der Waals surface area contributed by atoms with Crippen molar-refractivity contribution in [3.63, 3.8) is 0 Å². The Labute approximate surface area is 177 Å². The number of hydrogen-bond donors (Lipinski definition) is 2. The molecule has 30 heavy (non-hydrogen) atoms. The highest BCUT2D eigenvalue weighted by molar-refractivity contribution is 6.33. The van der Waals surface area contributed by atoms with Gasteiger partial charge in [0, 0.05) is 29.4 Å². The molecule has 2 aromatic carbocycles. The van der Waals surface area contributed by atoms with Gasteiger partial charge in [-0.3, -0.25) is 0 Å². The van der Waals surface area contributed by atoms with E-state index in [0.29, 0.717) is 48.9 Å². The fraction of sp³-hybridized carbons (Fsp3) is 0.200. The first-order valence-electron chi connectivity index (χ1n) is 9.32. The van der Waals surface area contributed by atoms with Crippen molar-refractivity contribution in [2.45, 2.75) is 0 Å². The summed E-state index contributed by atoms with van der Waals surface area (Å²) in [5.41, 5.74) is 4.24. The Balaban J connectivity index is 1.57. The number of aromatic nitrogens is 3. The second-order valence-corrected chi connectivity index (χ2v) is 6.81. The Bertz CT molecular complexity index is 1030. The molecule has 1 aliphatic rings. The molecular formula is C20H19ClFN7O. The van der Waals surface area contributed by atoms with Crippen molar-refractivity contribution in [2.75, 3.05) is 41.9 Å². The summed E-state index contributed by atoms with van der Waals surface area (Å²) in [5, 5.41) is 7.84. The van der Waals surface area contributed by atoms with Crippen LogP contribution in [0, 0.1) is 5.82 Å². The van der Waals surface area contributed by atoms with E-state index in [1.807, 2.05) is 23.1 Å². The van der Waals surface area contributed by atoms with Gasteiger partial charge >= 0.3 is 0 Å². The smallest absolute Gasteiger partial charge is 0.250 e. The van der Waals surface area contributed by atoms with Crippen LogP contribution in [0.15, 0.2) is 53.6 Å². The number of hydrazone groups is 1. The van der Waals surface area contributed by atoms with Crippen LogP contribution in [0.1, 0.15) is 5.56 Å². The van der Waals surface area contributed by atoms with Gasteiger partial charge in [0.25, 0.3) is 0 Å². The van der Waals surface area contributed by atoms with E-state index in [9.17, 15) is 4.39 Å². The van der Waals surface area contributed by atoms with Gasteiger partial charge < -0.3 is 15.0 Å². The minimum atomic E-state index is -0.318. The number of rotatable bonds is 6. The van der Waals surface area contributed by atoms with E-state index in [1.165, 1.54) is 12.1 Å². The van der Waals surface area contributed by atoms with Crippen LogP contribution in [0.5, 0.6) is 0 Å². The number of nitrogens with one attached hydrogen (secondary N) is 2. The second-order valence-electron chi connectivity index (χ2n) is 6.41. The zero-order chi connectivity index (χ0) is 20.8. The molecular weight excluding hydrogens is 409 g/mol. The first kappa shape index (κ1) is 20.0. The molecule has 154 valence electrons. The van der Waals surface area contributed by atoms with Crippen LogP contribution in [0.3, 0.4) is 0 Å². The number of benzene rings is 2. The van der Waals surface area contributed by atoms with Crippen molar-refractivity contribution in [2.24, 2.45) is 5.10 Å². The Morgan fingerprint density at radius 2 is 1.73 bits per heavy atom. The molecule has 0 saturated carbocycles. The molecule has 0 aliphatic carbocycles.